The van der Waals surface area contributed by atoms with Gasteiger partial charge in [0.1, 0.15) is 17.2 Å². The van der Waals surface area contributed by atoms with Gasteiger partial charge in [-0.25, -0.2) is 4.98 Å². The van der Waals surface area contributed by atoms with E-state index >= 15 is 0 Å². The van der Waals surface area contributed by atoms with E-state index in [0.29, 0.717) is 53.7 Å². The van der Waals surface area contributed by atoms with Gasteiger partial charge in [0.2, 0.25) is 5.91 Å². The van der Waals surface area contributed by atoms with Crippen molar-refractivity contribution in [1.29, 1.82) is 0 Å². The van der Waals surface area contributed by atoms with E-state index in [1.807, 2.05) is 52.7 Å². The number of ether oxygens (including phenoxy) is 3. The molecule has 0 radical (unpaired) electrons. The summed E-state index contributed by atoms with van der Waals surface area (Å²) in [5.74, 6) is 1.93. The number of anilines is 2. The number of nitrogens with zero attached hydrogens (tertiary/aromatic N) is 2. The molecule has 1 N–H and O–H groups in total. The van der Waals surface area contributed by atoms with Crippen LogP contribution < -0.4 is 19.7 Å². The molecule has 2 fully saturated rings. The molecule has 2 saturated carbocycles. The average Bonchev–Trinajstić information content (AvgIpc) is 3.70. The Morgan fingerprint density at radius 2 is 1.75 bits per heavy atom. The third-order valence-corrected chi connectivity index (χ3v) is 8.86. The van der Waals surface area contributed by atoms with Gasteiger partial charge in [0, 0.05) is 47.8 Å². The summed E-state index contributed by atoms with van der Waals surface area (Å²) in [5, 5.41) is 5.17. The summed E-state index contributed by atoms with van der Waals surface area (Å²) in [6.45, 7) is 4.00. The summed E-state index contributed by atoms with van der Waals surface area (Å²) in [4.78, 5) is 31.4. The van der Waals surface area contributed by atoms with Crippen LogP contribution in [0.5, 0.6) is 17.2 Å². The van der Waals surface area contributed by atoms with Crippen molar-refractivity contribution in [3.63, 3.8) is 0 Å². The van der Waals surface area contributed by atoms with E-state index in [1.165, 1.54) is 24.2 Å². The highest BCUT2D eigenvalue weighted by molar-refractivity contribution is 7.13. The van der Waals surface area contributed by atoms with Gasteiger partial charge in [0.15, 0.2) is 5.13 Å². The molecule has 9 heteroatoms. The Balaban J connectivity index is 1.16. The number of rotatable bonds is 14. The van der Waals surface area contributed by atoms with Crippen LogP contribution in [0.3, 0.4) is 0 Å². The summed E-state index contributed by atoms with van der Waals surface area (Å²) >= 11 is 1.35. The second kappa shape index (κ2) is 13.6. The van der Waals surface area contributed by atoms with Gasteiger partial charge < -0.3 is 19.1 Å². The number of hydrogen-bond acceptors (Lipinski definition) is 7. The predicted molar refractivity (Wildman–Crippen MR) is 172 cm³/mol. The first-order chi connectivity index (χ1) is 21.4. The maximum atomic E-state index is 13.2. The number of hydrogen-bond donors (Lipinski definition) is 1. The lowest BCUT2D eigenvalue weighted by atomic mass is 9.70. The molecule has 1 aromatic heterocycles. The average molecular weight is 612 g/mol. The molecule has 0 aliphatic heterocycles. The molecule has 228 valence electrons. The standard InChI is InChI=1S/C35H37N3O5S/c1-25(39)38(21-26-8-9-26)29-10-12-30(13-11-29)43-32-19-28(33(40)37-34-36-16-17-44-34)18-31(20-32)42-24-35(14-5-15-35)23-41-22-27-6-3-2-4-7-27/h2-4,6-7,10-13,16-20,26H,5,8-9,14-15,21-24H2,1H3,(H,36,37,40). The predicted octanol–water partition coefficient (Wildman–Crippen LogP) is 7.72. The summed E-state index contributed by atoms with van der Waals surface area (Å²) in [7, 11) is 0. The SMILES string of the molecule is CC(=O)N(CC1CC1)c1ccc(Oc2cc(OCC3(COCc4ccccc4)CCC3)cc(C(=O)Nc3nccs3)c2)cc1. The van der Waals surface area contributed by atoms with Gasteiger partial charge >= 0.3 is 0 Å². The molecular formula is C35H37N3O5S. The third kappa shape index (κ3) is 7.84. The molecule has 2 aliphatic rings. The van der Waals surface area contributed by atoms with Crippen molar-refractivity contribution < 1.29 is 23.8 Å². The highest BCUT2D eigenvalue weighted by Crippen LogP contribution is 2.42. The van der Waals surface area contributed by atoms with Crippen molar-refractivity contribution in [3.05, 3.63) is 95.5 Å². The van der Waals surface area contributed by atoms with Crippen molar-refractivity contribution in [2.24, 2.45) is 11.3 Å². The monoisotopic (exact) mass is 611 g/mol. The molecule has 0 atom stereocenters. The van der Waals surface area contributed by atoms with E-state index in [-0.39, 0.29) is 17.2 Å². The van der Waals surface area contributed by atoms with Crippen LogP contribution in [-0.4, -0.2) is 36.6 Å². The summed E-state index contributed by atoms with van der Waals surface area (Å²) in [6.07, 6.45) is 7.18. The lowest BCUT2D eigenvalue weighted by Crippen LogP contribution is -2.40. The van der Waals surface area contributed by atoms with Crippen LogP contribution in [0.15, 0.2) is 84.4 Å². The Morgan fingerprint density at radius 1 is 0.977 bits per heavy atom. The van der Waals surface area contributed by atoms with Crippen molar-refractivity contribution >= 4 is 34.0 Å². The topological polar surface area (TPSA) is 90.0 Å². The maximum absolute atomic E-state index is 13.2. The maximum Gasteiger partial charge on any atom is 0.257 e. The smallest absolute Gasteiger partial charge is 0.257 e. The second-order valence-electron chi connectivity index (χ2n) is 11.8. The third-order valence-electron chi connectivity index (χ3n) is 8.18. The Bertz CT molecular complexity index is 1550. The number of thiazole rings is 1. The first-order valence-electron chi connectivity index (χ1n) is 15.1. The van der Waals surface area contributed by atoms with Crippen molar-refractivity contribution in [2.75, 3.05) is 30.0 Å². The fraction of sp³-hybridized carbons (Fsp3) is 0.343. The number of carbonyl (C=O) groups is 2. The summed E-state index contributed by atoms with van der Waals surface area (Å²) in [5.41, 5.74) is 2.33. The van der Waals surface area contributed by atoms with Crippen LogP contribution in [-0.2, 0) is 16.1 Å². The lowest BCUT2D eigenvalue weighted by Gasteiger charge is -2.41. The van der Waals surface area contributed by atoms with Gasteiger partial charge in [-0.3, -0.25) is 14.9 Å². The van der Waals surface area contributed by atoms with E-state index in [2.05, 4.69) is 22.4 Å². The van der Waals surface area contributed by atoms with Gasteiger partial charge in [-0.05, 0) is 73.6 Å². The Morgan fingerprint density at radius 3 is 2.41 bits per heavy atom. The van der Waals surface area contributed by atoms with E-state index in [0.717, 1.165) is 37.1 Å². The van der Waals surface area contributed by atoms with Crippen LogP contribution in [0.25, 0.3) is 0 Å². The van der Waals surface area contributed by atoms with Crippen LogP contribution in [0.4, 0.5) is 10.8 Å². The van der Waals surface area contributed by atoms with Gasteiger partial charge in [-0.1, -0.05) is 36.8 Å². The van der Waals surface area contributed by atoms with E-state index in [9.17, 15) is 9.59 Å². The zero-order chi connectivity index (χ0) is 30.4. The first-order valence-corrected chi connectivity index (χ1v) is 16.0. The van der Waals surface area contributed by atoms with Crippen molar-refractivity contribution in [1.82, 2.24) is 4.98 Å². The highest BCUT2D eigenvalue weighted by Gasteiger charge is 2.38. The fourth-order valence-corrected chi connectivity index (χ4v) is 5.83. The van der Waals surface area contributed by atoms with Crippen LogP contribution >= 0.6 is 11.3 Å². The van der Waals surface area contributed by atoms with E-state index in [1.54, 1.807) is 31.3 Å². The van der Waals surface area contributed by atoms with Gasteiger partial charge in [-0.2, -0.15) is 0 Å². The molecule has 0 bridgehead atoms. The molecule has 1 heterocycles. The molecule has 6 rings (SSSR count). The largest absolute Gasteiger partial charge is 0.493 e. The Kier molecular flexibility index (Phi) is 9.23. The number of carbonyl (C=O) groups excluding carboxylic acids is 2. The molecule has 3 aromatic carbocycles. The number of benzene rings is 3. The van der Waals surface area contributed by atoms with Crippen LogP contribution in [0, 0.1) is 11.3 Å². The van der Waals surface area contributed by atoms with E-state index < -0.39 is 0 Å². The van der Waals surface area contributed by atoms with Crippen LogP contribution in [0.1, 0.15) is 54.9 Å². The number of nitrogens with one attached hydrogen (secondary N) is 1. The fourth-order valence-electron chi connectivity index (χ4n) is 5.31. The minimum atomic E-state index is -0.299. The molecule has 8 nitrogen and oxygen atoms in total. The Labute approximate surface area is 262 Å². The molecule has 0 unspecified atom stereocenters. The van der Waals surface area contributed by atoms with Gasteiger partial charge in [0.25, 0.3) is 5.91 Å². The molecule has 0 spiro atoms. The minimum absolute atomic E-state index is 0.0287. The first kappa shape index (κ1) is 29.8. The zero-order valence-corrected chi connectivity index (χ0v) is 25.7. The van der Waals surface area contributed by atoms with Gasteiger partial charge in [0.05, 0.1) is 19.8 Å². The van der Waals surface area contributed by atoms with Crippen molar-refractivity contribution in [3.8, 4) is 17.2 Å². The second-order valence-corrected chi connectivity index (χ2v) is 12.7. The highest BCUT2D eigenvalue weighted by atomic mass is 32.1. The quantitative estimate of drug-likeness (QED) is 0.157. The summed E-state index contributed by atoms with van der Waals surface area (Å²) in [6, 6.07) is 22.9. The molecule has 2 amide bonds. The molecule has 0 saturated heterocycles. The molecule has 44 heavy (non-hydrogen) atoms. The van der Waals surface area contributed by atoms with Crippen LogP contribution in [0.2, 0.25) is 0 Å². The Hall–Kier alpha value is -4.21. The molecular weight excluding hydrogens is 574 g/mol. The van der Waals surface area contributed by atoms with Crippen molar-refractivity contribution in [2.45, 2.75) is 45.6 Å². The molecule has 4 aromatic rings. The van der Waals surface area contributed by atoms with Gasteiger partial charge in [-0.15, -0.1) is 11.3 Å². The number of aromatic nitrogens is 1. The zero-order valence-electron chi connectivity index (χ0n) is 24.9. The molecule has 2 aliphatic carbocycles. The summed E-state index contributed by atoms with van der Waals surface area (Å²) < 4.78 is 18.7. The van der Waals surface area contributed by atoms with E-state index in [4.69, 9.17) is 14.2 Å². The normalized spacial score (nSPS) is 15.2. The lowest BCUT2D eigenvalue weighted by molar-refractivity contribution is -0.116. The number of amides is 2. The minimum Gasteiger partial charge on any atom is -0.493 e.